The van der Waals surface area contributed by atoms with Gasteiger partial charge in [-0.2, -0.15) is 0 Å². The number of pyridine rings is 1. The molecule has 0 saturated heterocycles. The molecule has 1 aromatic carbocycles. The highest BCUT2D eigenvalue weighted by Gasteiger charge is 2.30. The first kappa shape index (κ1) is 17.3. The molecule has 1 aromatic heterocycles. The van der Waals surface area contributed by atoms with Crippen LogP contribution in [0.15, 0.2) is 42.6 Å². The predicted molar refractivity (Wildman–Crippen MR) is 97.2 cm³/mol. The zero-order chi connectivity index (χ0) is 17.6. The Balaban J connectivity index is 1.91. The molecule has 0 bridgehead atoms. The lowest BCUT2D eigenvalue weighted by Crippen LogP contribution is -2.40. The summed E-state index contributed by atoms with van der Waals surface area (Å²) in [6.45, 7) is 0. The Morgan fingerprint density at radius 3 is 2.32 bits per heavy atom. The van der Waals surface area contributed by atoms with E-state index in [1.54, 1.807) is 20.4 Å². The van der Waals surface area contributed by atoms with E-state index in [1.165, 1.54) is 0 Å². The molecule has 0 radical (unpaired) electrons. The predicted octanol–water partition coefficient (Wildman–Crippen LogP) is 3.62. The van der Waals surface area contributed by atoms with E-state index in [2.05, 4.69) is 4.98 Å². The fourth-order valence-electron chi connectivity index (χ4n) is 3.52. The molecule has 1 amide bonds. The van der Waals surface area contributed by atoms with E-state index >= 15 is 0 Å². The van der Waals surface area contributed by atoms with E-state index in [-0.39, 0.29) is 18.4 Å². The molecule has 1 aliphatic rings. The number of hydrogen-bond acceptors (Lipinski definition) is 4. The Labute approximate surface area is 148 Å². The summed E-state index contributed by atoms with van der Waals surface area (Å²) in [5.74, 6) is 2.07. The third kappa shape index (κ3) is 3.76. The van der Waals surface area contributed by atoms with Gasteiger partial charge in [-0.1, -0.05) is 25.0 Å². The highest BCUT2D eigenvalue weighted by Crippen LogP contribution is 2.32. The van der Waals surface area contributed by atoms with Crippen LogP contribution in [0.25, 0.3) is 0 Å². The van der Waals surface area contributed by atoms with Gasteiger partial charge in [-0.15, -0.1) is 0 Å². The number of methoxy groups -OCH3 is 2. The largest absolute Gasteiger partial charge is 0.496 e. The van der Waals surface area contributed by atoms with Crippen LogP contribution in [0.5, 0.6) is 11.5 Å². The van der Waals surface area contributed by atoms with E-state index in [1.807, 2.05) is 41.3 Å². The van der Waals surface area contributed by atoms with Gasteiger partial charge >= 0.3 is 0 Å². The highest BCUT2D eigenvalue weighted by molar-refractivity contribution is 5.95. The number of anilines is 1. The zero-order valence-corrected chi connectivity index (χ0v) is 14.8. The fourth-order valence-corrected chi connectivity index (χ4v) is 3.52. The van der Waals surface area contributed by atoms with Crippen molar-refractivity contribution in [2.75, 3.05) is 19.1 Å². The Hall–Kier alpha value is -2.56. The van der Waals surface area contributed by atoms with Gasteiger partial charge in [0.1, 0.15) is 17.3 Å². The van der Waals surface area contributed by atoms with Gasteiger partial charge in [0.15, 0.2) is 0 Å². The summed E-state index contributed by atoms with van der Waals surface area (Å²) in [6.07, 6.45) is 6.30. The van der Waals surface area contributed by atoms with Gasteiger partial charge in [0.05, 0.1) is 20.6 Å². The summed E-state index contributed by atoms with van der Waals surface area (Å²) in [5, 5.41) is 0. The normalized spacial score (nSPS) is 14.3. The number of carbonyl (C=O) groups excluding carboxylic acids is 1. The number of hydrogen-bond donors (Lipinski definition) is 0. The van der Waals surface area contributed by atoms with Crippen LogP contribution in [0.4, 0.5) is 5.82 Å². The Kier molecular flexibility index (Phi) is 5.53. The minimum absolute atomic E-state index is 0.0217. The molecule has 1 heterocycles. The SMILES string of the molecule is COc1cccc(OC)c1CC(=O)N(c1ccccn1)C1CCCC1. The summed E-state index contributed by atoms with van der Waals surface area (Å²) in [7, 11) is 3.21. The van der Waals surface area contributed by atoms with Crippen LogP contribution in [0.1, 0.15) is 31.2 Å². The van der Waals surface area contributed by atoms with Crippen molar-refractivity contribution in [1.29, 1.82) is 0 Å². The second kappa shape index (κ2) is 8.01. The van der Waals surface area contributed by atoms with Gasteiger partial charge in [0, 0.05) is 17.8 Å². The second-order valence-electron chi connectivity index (χ2n) is 6.21. The highest BCUT2D eigenvalue weighted by atomic mass is 16.5. The molecule has 2 aromatic rings. The van der Waals surface area contributed by atoms with E-state index in [9.17, 15) is 4.79 Å². The molecule has 0 unspecified atom stereocenters. The summed E-state index contributed by atoms with van der Waals surface area (Å²) in [5.41, 5.74) is 0.774. The van der Waals surface area contributed by atoms with Gasteiger partial charge in [-0.05, 0) is 37.1 Å². The van der Waals surface area contributed by atoms with Gasteiger partial charge in [0.25, 0.3) is 0 Å². The van der Waals surface area contributed by atoms with Crippen LogP contribution in [0.2, 0.25) is 0 Å². The number of benzene rings is 1. The van der Waals surface area contributed by atoms with Crippen molar-refractivity contribution in [3.05, 3.63) is 48.2 Å². The zero-order valence-electron chi connectivity index (χ0n) is 14.8. The number of aromatic nitrogens is 1. The first-order chi connectivity index (χ1) is 12.2. The minimum Gasteiger partial charge on any atom is -0.496 e. The van der Waals surface area contributed by atoms with Crippen molar-refractivity contribution in [3.63, 3.8) is 0 Å². The average Bonchev–Trinajstić information content (AvgIpc) is 3.17. The number of nitrogens with zero attached hydrogens (tertiary/aromatic N) is 2. The molecule has 132 valence electrons. The molecule has 1 saturated carbocycles. The maximum atomic E-state index is 13.2. The van der Waals surface area contributed by atoms with Crippen LogP contribution in [0, 0.1) is 0 Å². The topological polar surface area (TPSA) is 51.7 Å². The quantitative estimate of drug-likeness (QED) is 0.806. The van der Waals surface area contributed by atoms with Gasteiger partial charge < -0.3 is 9.47 Å². The smallest absolute Gasteiger partial charge is 0.233 e. The third-order valence-electron chi connectivity index (χ3n) is 4.71. The van der Waals surface area contributed by atoms with Crippen molar-refractivity contribution in [1.82, 2.24) is 4.98 Å². The summed E-state index contributed by atoms with van der Waals surface area (Å²) in [4.78, 5) is 19.5. The Bertz CT molecular complexity index is 690. The monoisotopic (exact) mass is 340 g/mol. The van der Waals surface area contributed by atoms with Crippen LogP contribution in [-0.4, -0.2) is 31.2 Å². The molecule has 0 aliphatic heterocycles. The van der Waals surface area contributed by atoms with Crippen LogP contribution >= 0.6 is 0 Å². The van der Waals surface area contributed by atoms with E-state index < -0.39 is 0 Å². The van der Waals surface area contributed by atoms with Crippen molar-refractivity contribution in [2.45, 2.75) is 38.1 Å². The second-order valence-corrected chi connectivity index (χ2v) is 6.21. The lowest BCUT2D eigenvalue weighted by Gasteiger charge is -2.28. The molecule has 0 atom stereocenters. The standard InChI is InChI=1S/C20H24N2O3/c1-24-17-10-7-11-18(25-2)16(17)14-20(23)22(15-8-3-4-9-15)19-12-5-6-13-21-19/h5-7,10-13,15H,3-4,8-9,14H2,1-2H3. The van der Waals surface area contributed by atoms with Gasteiger partial charge in [-0.3, -0.25) is 9.69 Å². The number of amides is 1. The first-order valence-electron chi connectivity index (χ1n) is 8.67. The van der Waals surface area contributed by atoms with Crippen LogP contribution in [0.3, 0.4) is 0 Å². The lowest BCUT2D eigenvalue weighted by molar-refractivity contribution is -0.118. The maximum absolute atomic E-state index is 13.2. The Morgan fingerprint density at radius 2 is 1.76 bits per heavy atom. The molecule has 5 heteroatoms. The molecule has 1 aliphatic carbocycles. The summed E-state index contributed by atoms with van der Waals surface area (Å²) < 4.78 is 10.9. The lowest BCUT2D eigenvalue weighted by atomic mass is 10.1. The first-order valence-corrected chi connectivity index (χ1v) is 8.67. The van der Waals surface area contributed by atoms with Crippen LogP contribution in [-0.2, 0) is 11.2 Å². The average molecular weight is 340 g/mol. The van der Waals surface area contributed by atoms with E-state index in [4.69, 9.17) is 9.47 Å². The molecule has 25 heavy (non-hydrogen) atoms. The summed E-state index contributed by atoms with van der Waals surface area (Å²) >= 11 is 0. The van der Waals surface area contributed by atoms with Crippen LogP contribution < -0.4 is 14.4 Å². The Morgan fingerprint density at radius 1 is 1.08 bits per heavy atom. The molecule has 5 nitrogen and oxygen atoms in total. The molecule has 0 N–H and O–H groups in total. The fraction of sp³-hybridized carbons (Fsp3) is 0.400. The third-order valence-corrected chi connectivity index (χ3v) is 4.71. The van der Waals surface area contributed by atoms with Crippen molar-refractivity contribution < 1.29 is 14.3 Å². The minimum atomic E-state index is 0.0217. The van der Waals surface area contributed by atoms with E-state index in [0.29, 0.717) is 17.3 Å². The molecule has 0 spiro atoms. The van der Waals surface area contributed by atoms with Crippen molar-refractivity contribution in [3.8, 4) is 11.5 Å². The maximum Gasteiger partial charge on any atom is 0.233 e. The molecule has 3 rings (SSSR count). The van der Waals surface area contributed by atoms with Gasteiger partial charge in [0.2, 0.25) is 5.91 Å². The number of carbonyl (C=O) groups is 1. The number of rotatable bonds is 6. The van der Waals surface area contributed by atoms with Crippen molar-refractivity contribution in [2.24, 2.45) is 0 Å². The number of ether oxygens (including phenoxy) is 2. The summed E-state index contributed by atoms with van der Waals surface area (Å²) in [6, 6.07) is 11.5. The van der Waals surface area contributed by atoms with Crippen molar-refractivity contribution >= 4 is 11.7 Å². The van der Waals surface area contributed by atoms with E-state index in [0.717, 1.165) is 31.2 Å². The molecular formula is C20H24N2O3. The van der Waals surface area contributed by atoms with Gasteiger partial charge in [-0.25, -0.2) is 4.98 Å². The molecule has 1 fully saturated rings. The molecular weight excluding hydrogens is 316 g/mol.